The number of nitrogens with zero attached hydrogens (tertiary/aromatic N) is 1. The van der Waals surface area contributed by atoms with Crippen LogP contribution in [0.3, 0.4) is 0 Å². The van der Waals surface area contributed by atoms with E-state index in [1.54, 1.807) is 16.4 Å². The average Bonchev–Trinajstić information content (AvgIpc) is 2.83. The lowest BCUT2D eigenvalue weighted by atomic mass is 9.86. The molecule has 1 radical (unpaired) electrons. The zero-order valence-electron chi connectivity index (χ0n) is 11.2. The Balaban J connectivity index is 1.90. The predicted octanol–water partition coefficient (Wildman–Crippen LogP) is 3.11. The van der Waals surface area contributed by atoms with Gasteiger partial charge < -0.3 is 0 Å². The Labute approximate surface area is 115 Å². The van der Waals surface area contributed by atoms with Crippen LogP contribution in [0.4, 0.5) is 0 Å². The van der Waals surface area contributed by atoms with Crippen molar-refractivity contribution < 1.29 is 8.42 Å². The Morgan fingerprint density at radius 2 is 1.79 bits per heavy atom. The number of hydrogen-bond acceptors (Lipinski definition) is 2. The zero-order valence-corrected chi connectivity index (χ0v) is 12.1. The largest absolute Gasteiger partial charge is 0.243 e. The molecule has 1 heterocycles. The van der Waals surface area contributed by atoms with Crippen molar-refractivity contribution in [1.82, 2.24) is 4.31 Å². The van der Waals surface area contributed by atoms with E-state index in [1.165, 1.54) is 12.8 Å². The maximum atomic E-state index is 12.7. The summed E-state index contributed by atoms with van der Waals surface area (Å²) in [6.45, 7) is 3.87. The SMILES string of the molecule is Cc1ccc(S(=O)(=O)N2[CH]CC3CCCCC32)cc1. The second-order valence-electron chi connectivity index (χ2n) is 5.68. The van der Waals surface area contributed by atoms with Gasteiger partial charge in [0.25, 0.3) is 0 Å². The molecule has 2 unspecified atom stereocenters. The summed E-state index contributed by atoms with van der Waals surface area (Å²) < 4.78 is 27.0. The average molecular weight is 278 g/mol. The molecule has 2 aliphatic rings. The second kappa shape index (κ2) is 4.91. The fourth-order valence-electron chi connectivity index (χ4n) is 3.28. The minimum Gasteiger partial charge on any atom is -0.207 e. The van der Waals surface area contributed by atoms with Crippen LogP contribution in [0, 0.1) is 19.4 Å². The third kappa shape index (κ3) is 2.32. The molecule has 1 saturated carbocycles. The van der Waals surface area contributed by atoms with Gasteiger partial charge in [-0.3, -0.25) is 0 Å². The fraction of sp³-hybridized carbons (Fsp3) is 0.533. The van der Waals surface area contributed by atoms with Gasteiger partial charge >= 0.3 is 0 Å². The number of benzene rings is 1. The van der Waals surface area contributed by atoms with E-state index >= 15 is 0 Å². The minimum absolute atomic E-state index is 0.194. The van der Waals surface area contributed by atoms with Crippen molar-refractivity contribution in [1.29, 1.82) is 0 Å². The maximum Gasteiger partial charge on any atom is 0.243 e. The Morgan fingerprint density at radius 3 is 2.53 bits per heavy atom. The van der Waals surface area contributed by atoms with E-state index in [4.69, 9.17) is 0 Å². The highest BCUT2D eigenvalue weighted by Gasteiger charge is 2.42. The van der Waals surface area contributed by atoms with Gasteiger partial charge in [-0.25, -0.2) is 8.42 Å². The number of rotatable bonds is 2. The van der Waals surface area contributed by atoms with Gasteiger partial charge in [-0.1, -0.05) is 30.5 Å². The molecule has 0 spiro atoms. The number of aryl methyl sites for hydroxylation is 1. The van der Waals surface area contributed by atoms with E-state index in [2.05, 4.69) is 0 Å². The second-order valence-corrected chi connectivity index (χ2v) is 7.52. The Bertz CT molecular complexity index is 550. The summed E-state index contributed by atoms with van der Waals surface area (Å²) in [5.74, 6) is 0.536. The van der Waals surface area contributed by atoms with Crippen LogP contribution in [0.5, 0.6) is 0 Å². The maximum absolute atomic E-state index is 12.7. The molecule has 1 aromatic carbocycles. The van der Waals surface area contributed by atoms with Crippen molar-refractivity contribution in [2.75, 3.05) is 0 Å². The highest BCUT2D eigenvalue weighted by molar-refractivity contribution is 7.89. The van der Waals surface area contributed by atoms with E-state index in [0.29, 0.717) is 10.8 Å². The van der Waals surface area contributed by atoms with Gasteiger partial charge in [0.1, 0.15) is 0 Å². The van der Waals surface area contributed by atoms with Gasteiger partial charge in [0.05, 0.1) is 4.90 Å². The molecule has 3 nitrogen and oxygen atoms in total. The van der Waals surface area contributed by atoms with Crippen molar-refractivity contribution in [2.45, 2.75) is 50.0 Å². The lowest BCUT2D eigenvalue weighted by Gasteiger charge is -2.30. The quantitative estimate of drug-likeness (QED) is 0.833. The molecule has 2 fully saturated rings. The molecular weight excluding hydrogens is 258 g/mol. The van der Waals surface area contributed by atoms with E-state index in [9.17, 15) is 8.42 Å². The Morgan fingerprint density at radius 1 is 1.11 bits per heavy atom. The molecule has 1 aromatic rings. The van der Waals surface area contributed by atoms with Gasteiger partial charge in [0, 0.05) is 12.6 Å². The monoisotopic (exact) mass is 278 g/mol. The lowest BCUT2D eigenvalue weighted by molar-refractivity contribution is 0.266. The summed E-state index contributed by atoms with van der Waals surface area (Å²) in [4.78, 5) is 0.417. The van der Waals surface area contributed by atoms with Crippen molar-refractivity contribution in [3.8, 4) is 0 Å². The van der Waals surface area contributed by atoms with Crippen LogP contribution in [0.15, 0.2) is 29.2 Å². The Kier molecular flexibility index (Phi) is 3.39. The summed E-state index contributed by atoms with van der Waals surface area (Å²) in [7, 11) is -3.35. The van der Waals surface area contributed by atoms with Crippen molar-refractivity contribution in [2.24, 2.45) is 5.92 Å². The standard InChI is InChI=1S/C15H20NO2S/c1-12-6-8-14(9-7-12)19(17,18)16-11-10-13-4-2-3-5-15(13)16/h6-9,11,13,15H,2-5,10H2,1H3. The minimum atomic E-state index is -3.35. The molecule has 2 atom stereocenters. The van der Waals surface area contributed by atoms with Crippen LogP contribution < -0.4 is 0 Å². The van der Waals surface area contributed by atoms with Gasteiger partial charge in [-0.15, -0.1) is 0 Å². The first-order chi connectivity index (χ1) is 9.09. The van der Waals surface area contributed by atoms with Crippen LogP contribution in [0.2, 0.25) is 0 Å². The molecule has 0 aromatic heterocycles. The highest BCUT2D eigenvalue weighted by atomic mass is 32.2. The third-order valence-corrected chi connectivity index (χ3v) is 6.22. The summed E-state index contributed by atoms with van der Waals surface area (Å²) in [6.07, 6.45) is 5.48. The van der Waals surface area contributed by atoms with Gasteiger partial charge in [0.15, 0.2) is 0 Å². The summed E-state index contributed by atoms with van der Waals surface area (Å²) in [5, 5.41) is 0. The number of sulfonamides is 1. The molecule has 1 aliphatic heterocycles. The van der Waals surface area contributed by atoms with Crippen molar-refractivity contribution in [3.05, 3.63) is 36.4 Å². The smallest absolute Gasteiger partial charge is 0.207 e. The highest BCUT2D eigenvalue weighted by Crippen LogP contribution is 2.40. The molecule has 103 valence electrons. The van der Waals surface area contributed by atoms with Gasteiger partial charge in [-0.2, -0.15) is 4.31 Å². The molecule has 1 saturated heterocycles. The molecule has 4 heteroatoms. The lowest BCUT2D eigenvalue weighted by Crippen LogP contribution is -2.37. The van der Waals surface area contributed by atoms with E-state index in [0.717, 1.165) is 24.8 Å². The molecule has 0 N–H and O–H groups in total. The first-order valence-corrected chi connectivity index (χ1v) is 8.46. The van der Waals surface area contributed by atoms with Gasteiger partial charge in [0.2, 0.25) is 10.0 Å². The summed E-state index contributed by atoms with van der Waals surface area (Å²) in [5.41, 5.74) is 1.08. The first-order valence-electron chi connectivity index (χ1n) is 7.02. The normalized spacial score (nSPS) is 28.3. The van der Waals surface area contributed by atoms with Crippen LogP contribution in [-0.2, 0) is 10.0 Å². The fourth-order valence-corrected chi connectivity index (χ4v) is 4.92. The van der Waals surface area contributed by atoms with Crippen LogP contribution in [0.1, 0.15) is 37.7 Å². The van der Waals surface area contributed by atoms with Crippen molar-refractivity contribution >= 4 is 10.0 Å². The van der Waals surface area contributed by atoms with Crippen LogP contribution in [-0.4, -0.2) is 18.8 Å². The molecule has 1 aliphatic carbocycles. The molecule has 0 amide bonds. The summed E-state index contributed by atoms with van der Waals surface area (Å²) >= 11 is 0. The van der Waals surface area contributed by atoms with Crippen molar-refractivity contribution in [3.63, 3.8) is 0 Å². The van der Waals surface area contributed by atoms with E-state index in [1.807, 2.05) is 25.6 Å². The van der Waals surface area contributed by atoms with Crippen LogP contribution in [0.25, 0.3) is 0 Å². The molecule has 0 bridgehead atoms. The number of fused-ring (bicyclic) bond motifs is 1. The predicted molar refractivity (Wildman–Crippen MR) is 74.9 cm³/mol. The molecular formula is C15H20NO2S. The van der Waals surface area contributed by atoms with E-state index < -0.39 is 10.0 Å². The first kappa shape index (κ1) is 13.1. The zero-order chi connectivity index (χ0) is 13.5. The van der Waals surface area contributed by atoms with Gasteiger partial charge in [-0.05, 0) is 44.2 Å². The Hall–Kier alpha value is -0.870. The van der Waals surface area contributed by atoms with E-state index in [-0.39, 0.29) is 6.04 Å². The summed E-state index contributed by atoms with van der Waals surface area (Å²) in [6, 6.07) is 7.35. The van der Waals surface area contributed by atoms with Crippen LogP contribution >= 0.6 is 0 Å². The molecule has 3 rings (SSSR count). The molecule has 19 heavy (non-hydrogen) atoms. The third-order valence-electron chi connectivity index (χ3n) is 4.38. The number of hydrogen-bond donors (Lipinski definition) is 0. The topological polar surface area (TPSA) is 37.4 Å².